The monoisotopic (exact) mass is 1040 g/mol. The average molecular weight is 1040 g/mol. The third-order valence-electron chi connectivity index (χ3n) is 15.0. The van der Waals surface area contributed by atoms with E-state index in [4.69, 9.17) is 0 Å². The summed E-state index contributed by atoms with van der Waals surface area (Å²) in [7, 11) is 1.12. The van der Waals surface area contributed by atoms with Crippen LogP contribution >= 0.6 is 0 Å². The van der Waals surface area contributed by atoms with Crippen LogP contribution in [0.15, 0.2) is 188 Å². The van der Waals surface area contributed by atoms with Crippen molar-refractivity contribution in [2.75, 3.05) is 32.1 Å². The second-order valence-electron chi connectivity index (χ2n) is 21.2. The van der Waals surface area contributed by atoms with Crippen LogP contribution in [0.1, 0.15) is 85.5 Å². The molecule has 10 nitrogen and oxygen atoms in total. The van der Waals surface area contributed by atoms with E-state index in [1.54, 1.807) is 25.1 Å². The number of likely N-dealkylation sites (N-methyl/N-ethyl adjacent to an activating group) is 1. The lowest BCUT2D eigenvalue weighted by atomic mass is 9.77. The summed E-state index contributed by atoms with van der Waals surface area (Å²) in [5.41, 5.74) is 15.8. The van der Waals surface area contributed by atoms with E-state index in [1.165, 1.54) is 33.9 Å². The summed E-state index contributed by atoms with van der Waals surface area (Å²) in [4.78, 5) is 19.1. The molecule has 1 amide bonds. The van der Waals surface area contributed by atoms with Gasteiger partial charge in [0.25, 0.3) is 0 Å². The summed E-state index contributed by atoms with van der Waals surface area (Å²) in [5, 5.41) is 44.0. The van der Waals surface area contributed by atoms with E-state index in [-0.39, 0.29) is 29.1 Å². The highest BCUT2D eigenvalue weighted by Gasteiger charge is 2.43. The maximum Gasteiger partial charge on any atom is 0.488 e. The van der Waals surface area contributed by atoms with E-state index in [9.17, 15) is 24.9 Å². The van der Waals surface area contributed by atoms with Gasteiger partial charge in [0.1, 0.15) is 7.05 Å². The molecule has 6 aromatic rings. The lowest BCUT2D eigenvalue weighted by Gasteiger charge is -2.25. The van der Waals surface area contributed by atoms with E-state index in [0.717, 1.165) is 39.0 Å². The summed E-state index contributed by atoms with van der Waals surface area (Å²) in [6, 6.07) is 49.5. The van der Waals surface area contributed by atoms with Gasteiger partial charge in [0.15, 0.2) is 5.71 Å². The normalized spacial score (nSPS) is 15.1. The fourth-order valence-corrected chi connectivity index (χ4v) is 10.9. The topological polar surface area (TPSA) is 123 Å². The molecule has 2 aliphatic heterocycles. The highest BCUT2D eigenvalue weighted by atomic mass is 35.5. The molecule has 0 atom stereocenters. The number of rotatable bonds is 21. The van der Waals surface area contributed by atoms with Crippen LogP contribution in [0, 0.1) is 0 Å². The van der Waals surface area contributed by atoms with Gasteiger partial charge in [-0.2, -0.15) is 4.58 Å². The summed E-state index contributed by atoms with van der Waals surface area (Å²) in [6.45, 7) is 18.6. The fraction of sp³-hybridized carbons (Fsp3) is 0.270. The van der Waals surface area contributed by atoms with E-state index < -0.39 is 14.2 Å². The maximum absolute atomic E-state index is 12.2. The third-order valence-corrected chi connectivity index (χ3v) is 15.0. The van der Waals surface area contributed by atoms with Crippen molar-refractivity contribution in [1.29, 1.82) is 0 Å². The van der Waals surface area contributed by atoms with Gasteiger partial charge in [-0.25, -0.2) is 0 Å². The Bertz CT molecular complexity index is 3150. The van der Waals surface area contributed by atoms with Crippen molar-refractivity contribution in [2.24, 2.45) is 0 Å². The molecule has 76 heavy (non-hydrogen) atoms. The predicted molar refractivity (Wildman–Crippen MR) is 308 cm³/mol. The minimum absolute atomic E-state index is 0. The molecule has 2 heterocycles. The maximum atomic E-state index is 12.2. The molecular formula is C63H72B2ClN5O5. The van der Waals surface area contributed by atoms with Gasteiger partial charge in [-0.1, -0.05) is 160 Å². The van der Waals surface area contributed by atoms with Crippen LogP contribution in [0.25, 0.3) is 5.57 Å². The number of fused-ring (bicyclic) bond motifs is 2. The molecule has 0 aromatic heterocycles. The molecule has 0 radical (unpaired) electrons. The number of amides is 1. The molecule has 0 unspecified atom stereocenters. The number of hydrogen-bond acceptors (Lipinski definition) is 8. The van der Waals surface area contributed by atoms with Gasteiger partial charge < -0.3 is 42.7 Å². The van der Waals surface area contributed by atoms with Crippen molar-refractivity contribution >= 4 is 53.7 Å². The van der Waals surface area contributed by atoms with Crippen molar-refractivity contribution in [3.8, 4) is 0 Å². The zero-order valence-electron chi connectivity index (χ0n) is 45.0. The molecule has 2 aliphatic rings. The number of hydrogen-bond donors (Lipinski definition) is 5. The zero-order valence-corrected chi connectivity index (χ0v) is 45.8. The van der Waals surface area contributed by atoms with E-state index >= 15 is 0 Å². The standard InChI is InChI=1S/C63H71B2N5O5.ClH/c1-45(2)61(71)66-38-17-39-69(43-51-18-9-13-22-55(51)64(72)73)40-46-26-28-47(29-27-46)41-70(44-52-19-10-14-23-56(52)65(74)75)42-48-30-32-49(33-31-48)50(34-36-59-62(3,4)53-20-11-15-24-57(53)67(59)7)35-37-60-63(5,6)54-21-12-16-25-58(54)68(60)8;/h9-16,18-37,72-75H,1,17,38-44H2,2-8H3;1H. The van der Waals surface area contributed by atoms with Gasteiger partial charge in [0, 0.05) is 92.9 Å². The molecule has 6 aromatic carbocycles. The first-order chi connectivity index (χ1) is 35.9. The summed E-state index contributed by atoms with van der Waals surface area (Å²) in [5.74, 6) is -0.168. The molecule has 0 fully saturated rings. The number of anilines is 1. The number of benzene rings is 6. The zero-order chi connectivity index (χ0) is 53.4. The van der Waals surface area contributed by atoms with Crippen LogP contribution in [0.4, 0.5) is 11.4 Å². The van der Waals surface area contributed by atoms with Crippen LogP contribution in [0.2, 0.25) is 0 Å². The van der Waals surface area contributed by atoms with Crippen LogP contribution in [0.5, 0.6) is 0 Å². The number of allylic oxidation sites excluding steroid dienone is 6. The van der Waals surface area contributed by atoms with Gasteiger partial charge >= 0.3 is 14.2 Å². The predicted octanol–water partition coefficient (Wildman–Crippen LogP) is 5.29. The lowest BCUT2D eigenvalue weighted by molar-refractivity contribution is -0.401. The van der Waals surface area contributed by atoms with Crippen molar-refractivity contribution in [2.45, 2.75) is 84.6 Å². The molecule has 5 N–H and O–H groups in total. The van der Waals surface area contributed by atoms with Crippen molar-refractivity contribution in [3.63, 3.8) is 0 Å². The lowest BCUT2D eigenvalue weighted by Crippen LogP contribution is -3.00. The molecule has 392 valence electrons. The Morgan fingerprint density at radius 3 is 1.72 bits per heavy atom. The SMILES string of the molecule is C=C(C)C(=O)NCCCN(Cc1ccc(CN(Cc2ccc(C(C=CC3=[N+](C)c4ccccc4C3(C)C)=CC=C3N(C)c4ccccc4C3(C)C)cc2)Cc2ccccc2B(O)O)cc1)Cc1ccccc1B(O)O.[Cl-]. The third kappa shape index (κ3) is 13.1. The van der Waals surface area contributed by atoms with Crippen LogP contribution < -0.4 is 33.5 Å². The molecule has 8 rings (SSSR count). The Hall–Kier alpha value is -6.60. The molecule has 0 bridgehead atoms. The highest BCUT2D eigenvalue weighted by molar-refractivity contribution is 6.59. The van der Waals surface area contributed by atoms with E-state index in [1.807, 2.05) is 30.3 Å². The molecule has 0 aliphatic carbocycles. The van der Waals surface area contributed by atoms with Crippen LogP contribution in [-0.4, -0.2) is 87.5 Å². The first kappa shape index (κ1) is 57.1. The molecule has 0 saturated carbocycles. The van der Waals surface area contributed by atoms with Crippen molar-refractivity contribution in [1.82, 2.24) is 15.1 Å². The Morgan fingerprint density at radius 1 is 0.671 bits per heavy atom. The average Bonchev–Trinajstić information content (AvgIpc) is 3.75. The Morgan fingerprint density at radius 2 is 1.17 bits per heavy atom. The number of carbonyl (C=O) groups is 1. The van der Waals surface area contributed by atoms with Crippen LogP contribution in [-0.2, 0) is 48.3 Å². The van der Waals surface area contributed by atoms with Gasteiger partial charge in [0.2, 0.25) is 11.6 Å². The van der Waals surface area contributed by atoms with E-state index in [0.29, 0.717) is 68.7 Å². The van der Waals surface area contributed by atoms with Crippen molar-refractivity contribution in [3.05, 3.63) is 232 Å². The second-order valence-corrected chi connectivity index (χ2v) is 21.2. The molecule has 0 spiro atoms. The second kappa shape index (κ2) is 25.0. The van der Waals surface area contributed by atoms with Gasteiger partial charge in [-0.05, 0) is 101 Å². The highest BCUT2D eigenvalue weighted by Crippen LogP contribution is 2.47. The van der Waals surface area contributed by atoms with Gasteiger partial charge in [0.05, 0.1) is 5.41 Å². The first-order valence-electron chi connectivity index (χ1n) is 26.0. The summed E-state index contributed by atoms with van der Waals surface area (Å²) in [6.07, 6.45) is 9.78. The number of halogens is 1. The molecule has 0 saturated heterocycles. The summed E-state index contributed by atoms with van der Waals surface area (Å²) >= 11 is 0. The first-order valence-corrected chi connectivity index (χ1v) is 26.0. The number of carbonyl (C=O) groups excluding carboxylic acids is 1. The molecule has 13 heteroatoms. The van der Waals surface area contributed by atoms with Crippen LogP contribution in [0.3, 0.4) is 0 Å². The fourth-order valence-electron chi connectivity index (χ4n) is 10.9. The van der Waals surface area contributed by atoms with E-state index in [2.05, 4.69) is 194 Å². The summed E-state index contributed by atoms with van der Waals surface area (Å²) < 4.78 is 2.31. The Kier molecular flexibility index (Phi) is 18.8. The quantitative estimate of drug-likeness (QED) is 0.0217. The number of para-hydroxylation sites is 2. The minimum atomic E-state index is -1.60. The molecular weight excluding hydrogens is 964 g/mol. The smallest absolute Gasteiger partial charge is 0.488 e. The number of nitrogens with zero attached hydrogens (tertiary/aromatic N) is 4. The van der Waals surface area contributed by atoms with Gasteiger partial charge in [-0.15, -0.1) is 0 Å². The van der Waals surface area contributed by atoms with Gasteiger partial charge in [-0.3, -0.25) is 14.6 Å². The Labute approximate surface area is 457 Å². The minimum Gasteiger partial charge on any atom is -1.00 e. The number of nitrogens with one attached hydrogen (secondary N) is 1. The Balaban J connectivity index is 0.00000840. The van der Waals surface area contributed by atoms with Crippen molar-refractivity contribution < 1.29 is 41.9 Å². The largest absolute Gasteiger partial charge is 1.00 e.